The lowest BCUT2D eigenvalue weighted by Gasteiger charge is -2.08. The Bertz CT molecular complexity index is 417. The minimum absolute atomic E-state index is 0.168. The first-order valence-corrected chi connectivity index (χ1v) is 5.26. The monoisotopic (exact) mass is 226 g/mol. The molecule has 2 heterocycles. The standard InChI is InChI=1S/C8H10N4O2S/c1-4-10-11-8(15-4)9-5-3-6(13)12(2)7(5)14/h5H,3H2,1-2H3,(H,9,11). The SMILES string of the molecule is Cc1nnc(NC2CC(=O)N(C)C2=O)s1. The van der Waals surface area contributed by atoms with E-state index >= 15 is 0 Å². The van der Waals surface area contributed by atoms with Crippen LogP contribution < -0.4 is 5.32 Å². The maximum Gasteiger partial charge on any atom is 0.251 e. The molecule has 0 spiro atoms. The van der Waals surface area contributed by atoms with Gasteiger partial charge in [0.25, 0.3) is 5.91 Å². The number of hydrogen-bond acceptors (Lipinski definition) is 6. The molecule has 1 aliphatic heterocycles. The minimum atomic E-state index is -0.491. The molecule has 15 heavy (non-hydrogen) atoms. The number of hydrogen-bond donors (Lipinski definition) is 1. The number of rotatable bonds is 2. The predicted octanol–water partition coefficient (Wildman–Crippen LogP) is 0.0157. The maximum atomic E-state index is 11.5. The summed E-state index contributed by atoms with van der Waals surface area (Å²) in [4.78, 5) is 23.9. The van der Waals surface area contributed by atoms with E-state index in [1.54, 1.807) is 0 Å². The van der Waals surface area contributed by atoms with Crippen molar-refractivity contribution in [2.45, 2.75) is 19.4 Å². The smallest absolute Gasteiger partial charge is 0.251 e. The van der Waals surface area contributed by atoms with Crippen LogP contribution in [0.1, 0.15) is 11.4 Å². The molecule has 0 aliphatic carbocycles. The molecule has 2 amide bonds. The summed E-state index contributed by atoms with van der Waals surface area (Å²) in [5, 5.41) is 12.0. The molecule has 1 saturated heterocycles. The summed E-state index contributed by atoms with van der Waals surface area (Å²) in [6.07, 6.45) is 0.188. The fraction of sp³-hybridized carbons (Fsp3) is 0.500. The van der Waals surface area contributed by atoms with Crippen molar-refractivity contribution >= 4 is 28.3 Å². The molecule has 1 atom stereocenters. The Morgan fingerprint density at radius 3 is 2.67 bits per heavy atom. The van der Waals surface area contributed by atoms with Gasteiger partial charge in [0.15, 0.2) is 0 Å². The lowest BCUT2D eigenvalue weighted by Crippen LogP contribution is -2.31. The van der Waals surface area contributed by atoms with Crippen LogP contribution in [0.5, 0.6) is 0 Å². The van der Waals surface area contributed by atoms with E-state index in [9.17, 15) is 9.59 Å². The number of nitrogens with one attached hydrogen (secondary N) is 1. The quantitative estimate of drug-likeness (QED) is 0.719. The summed E-state index contributed by atoms with van der Waals surface area (Å²) < 4.78 is 0. The van der Waals surface area contributed by atoms with Gasteiger partial charge in [0, 0.05) is 7.05 Å². The van der Waals surface area contributed by atoms with Crippen molar-refractivity contribution in [3.05, 3.63) is 5.01 Å². The van der Waals surface area contributed by atoms with Crippen molar-refractivity contribution in [3.63, 3.8) is 0 Å². The van der Waals surface area contributed by atoms with Gasteiger partial charge in [0.2, 0.25) is 11.0 Å². The molecule has 0 aromatic carbocycles. The summed E-state index contributed by atoms with van der Waals surface area (Å²) in [7, 11) is 1.48. The average molecular weight is 226 g/mol. The van der Waals surface area contributed by atoms with Crippen molar-refractivity contribution in [2.24, 2.45) is 0 Å². The Labute approximate surface area is 90.3 Å². The van der Waals surface area contributed by atoms with Gasteiger partial charge in [-0.05, 0) is 6.92 Å². The van der Waals surface area contributed by atoms with Crippen LogP contribution in [0.2, 0.25) is 0 Å². The number of likely N-dealkylation sites (tertiary alicyclic amines) is 1. The molecule has 2 rings (SSSR count). The Morgan fingerprint density at radius 2 is 2.20 bits per heavy atom. The van der Waals surface area contributed by atoms with Crippen LogP contribution in [0, 0.1) is 6.92 Å². The molecule has 80 valence electrons. The molecule has 6 nitrogen and oxygen atoms in total. The van der Waals surface area contributed by atoms with Gasteiger partial charge in [-0.3, -0.25) is 14.5 Å². The third-order valence-corrected chi connectivity index (χ3v) is 2.98. The molecule has 1 aliphatic rings. The van der Waals surface area contributed by atoms with Crippen LogP contribution >= 0.6 is 11.3 Å². The average Bonchev–Trinajstić information content (AvgIpc) is 2.68. The topological polar surface area (TPSA) is 75.2 Å². The van der Waals surface area contributed by atoms with Crippen LogP contribution in [-0.2, 0) is 9.59 Å². The first-order valence-electron chi connectivity index (χ1n) is 4.45. The number of carbonyl (C=O) groups is 2. The molecule has 0 bridgehead atoms. The molecule has 7 heteroatoms. The first-order chi connectivity index (χ1) is 7.08. The molecular formula is C8H10N4O2S. The summed E-state index contributed by atoms with van der Waals surface area (Å²) >= 11 is 1.36. The molecule has 1 aromatic heterocycles. The third kappa shape index (κ3) is 1.82. The number of anilines is 1. The van der Waals surface area contributed by atoms with Gasteiger partial charge < -0.3 is 5.32 Å². The summed E-state index contributed by atoms with van der Waals surface area (Å²) in [6.45, 7) is 1.83. The van der Waals surface area contributed by atoms with Crippen molar-refractivity contribution in [3.8, 4) is 0 Å². The predicted molar refractivity (Wildman–Crippen MR) is 54.5 cm³/mol. The highest BCUT2D eigenvalue weighted by molar-refractivity contribution is 7.15. The summed E-state index contributed by atoms with van der Waals surface area (Å²) in [5.74, 6) is -0.383. The van der Waals surface area contributed by atoms with Crippen LogP contribution in [0.3, 0.4) is 0 Å². The van der Waals surface area contributed by atoms with Gasteiger partial charge in [-0.15, -0.1) is 10.2 Å². The van der Waals surface area contributed by atoms with E-state index in [-0.39, 0.29) is 18.2 Å². The van der Waals surface area contributed by atoms with E-state index in [1.165, 1.54) is 18.4 Å². The number of nitrogens with zero attached hydrogens (tertiary/aromatic N) is 3. The number of amides is 2. The normalized spacial score (nSPS) is 21.2. The maximum absolute atomic E-state index is 11.5. The molecule has 0 saturated carbocycles. The van der Waals surface area contributed by atoms with Gasteiger partial charge in [-0.1, -0.05) is 11.3 Å². The Hall–Kier alpha value is -1.50. The fourth-order valence-electron chi connectivity index (χ4n) is 1.37. The number of carbonyl (C=O) groups excluding carboxylic acids is 2. The van der Waals surface area contributed by atoms with Gasteiger partial charge in [0.05, 0.1) is 6.42 Å². The van der Waals surface area contributed by atoms with E-state index in [2.05, 4.69) is 15.5 Å². The van der Waals surface area contributed by atoms with Gasteiger partial charge in [-0.25, -0.2) is 0 Å². The first kappa shape index (κ1) is 10.0. The summed E-state index contributed by atoms with van der Waals surface area (Å²) in [6, 6.07) is -0.491. The lowest BCUT2D eigenvalue weighted by molar-refractivity contribution is -0.136. The highest BCUT2D eigenvalue weighted by Crippen LogP contribution is 2.19. The lowest BCUT2D eigenvalue weighted by atomic mass is 10.2. The number of aryl methyl sites for hydroxylation is 1. The Balaban J connectivity index is 2.08. The second-order valence-electron chi connectivity index (χ2n) is 3.32. The molecule has 1 unspecified atom stereocenters. The zero-order valence-electron chi connectivity index (χ0n) is 8.35. The Kier molecular flexibility index (Phi) is 2.39. The van der Waals surface area contributed by atoms with Crippen LogP contribution in [0.4, 0.5) is 5.13 Å². The van der Waals surface area contributed by atoms with E-state index in [4.69, 9.17) is 0 Å². The minimum Gasteiger partial charge on any atom is -0.348 e. The van der Waals surface area contributed by atoms with E-state index < -0.39 is 6.04 Å². The highest BCUT2D eigenvalue weighted by atomic mass is 32.1. The largest absolute Gasteiger partial charge is 0.348 e. The fourth-order valence-corrected chi connectivity index (χ4v) is 2.02. The highest BCUT2D eigenvalue weighted by Gasteiger charge is 2.36. The Morgan fingerprint density at radius 1 is 1.47 bits per heavy atom. The molecular weight excluding hydrogens is 216 g/mol. The molecule has 1 fully saturated rings. The van der Waals surface area contributed by atoms with Crippen LogP contribution in [0.25, 0.3) is 0 Å². The number of aromatic nitrogens is 2. The van der Waals surface area contributed by atoms with E-state index in [1.807, 2.05) is 6.92 Å². The third-order valence-electron chi connectivity index (χ3n) is 2.21. The van der Waals surface area contributed by atoms with Gasteiger partial charge in [0.1, 0.15) is 11.0 Å². The van der Waals surface area contributed by atoms with Crippen molar-refractivity contribution < 1.29 is 9.59 Å². The number of likely N-dealkylation sites (N-methyl/N-ethyl adjacent to an activating group) is 1. The number of imide groups is 1. The van der Waals surface area contributed by atoms with Gasteiger partial charge in [-0.2, -0.15) is 0 Å². The van der Waals surface area contributed by atoms with Crippen molar-refractivity contribution in [1.29, 1.82) is 0 Å². The molecule has 1 aromatic rings. The zero-order chi connectivity index (χ0) is 11.0. The van der Waals surface area contributed by atoms with E-state index in [0.29, 0.717) is 5.13 Å². The van der Waals surface area contributed by atoms with Crippen LogP contribution in [-0.4, -0.2) is 40.0 Å². The zero-order valence-corrected chi connectivity index (χ0v) is 9.17. The molecule has 0 radical (unpaired) electrons. The second-order valence-corrected chi connectivity index (χ2v) is 4.50. The van der Waals surface area contributed by atoms with Crippen molar-refractivity contribution in [1.82, 2.24) is 15.1 Å². The second kappa shape index (κ2) is 3.58. The van der Waals surface area contributed by atoms with E-state index in [0.717, 1.165) is 9.91 Å². The van der Waals surface area contributed by atoms with Crippen molar-refractivity contribution in [2.75, 3.05) is 12.4 Å². The molecule has 1 N–H and O–H groups in total. The van der Waals surface area contributed by atoms with Crippen LogP contribution in [0.15, 0.2) is 0 Å². The summed E-state index contributed by atoms with van der Waals surface area (Å²) in [5.41, 5.74) is 0. The van der Waals surface area contributed by atoms with Gasteiger partial charge >= 0.3 is 0 Å².